The van der Waals surface area contributed by atoms with Crippen LogP contribution in [-0.4, -0.2) is 15.8 Å². The Morgan fingerprint density at radius 2 is 0.558 bits per heavy atom. The number of anilines is 6. The van der Waals surface area contributed by atoms with E-state index in [1.54, 1.807) is 4.57 Å². The van der Waals surface area contributed by atoms with Crippen molar-refractivity contribution in [3.63, 3.8) is 0 Å². The predicted molar refractivity (Wildman–Crippen MR) is 563 cm³/mol. The van der Waals surface area contributed by atoms with Gasteiger partial charge in [0, 0.05) is 72.2 Å². The third-order valence-electron chi connectivity index (χ3n) is 27.6. The summed E-state index contributed by atoms with van der Waals surface area (Å²) in [4.78, 5) is 5.29. The molecular formula is C124H135BN4. The van der Waals surface area contributed by atoms with Crippen molar-refractivity contribution in [3.8, 4) is 67.0 Å². The second kappa shape index (κ2) is 30.5. The van der Waals surface area contributed by atoms with E-state index >= 15 is 0 Å². The Bertz CT molecular complexity index is 7450. The third-order valence-corrected chi connectivity index (χ3v) is 27.6. The van der Waals surface area contributed by atoms with Gasteiger partial charge >= 0.3 is 0 Å². The summed E-state index contributed by atoms with van der Waals surface area (Å²) in [6, 6.07) is 83.3. The van der Waals surface area contributed by atoms with Crippen molar-refractivity contribution in [3.05, 3.63) is 328 Å². The molecule has 16 aromatic rings. The molecule has 654 valence electrons. The van der Waals surface area contributed by atoms with E-state index < -0.39 is 53.8 Å². The van der Waals surface area contributed by atoms with Gasteiger partial charge in [-0.3, -0.25) is 0 Å². The lowest BCUT2D eigenvalue weighted by Crippen LogP contribution is -2.61. The van der Waals surface area contributed by atoms with Crippen LogP contribution in [0.3, 0.4) is 0 Å². The fourth-order valence-electron chi connectivity index (χ4n) is 20.4. The third kappa shape index (κ3) is 15.4. The summed E-state index contributed by atoms with van der Waals surface area (Å²) in [7, 11) is 0. The van der Waals surface area contributed by atoms with E-state index in [4.69, 9.17) is 0 Å². The Kier molecular flexibility index (Phi) is 18.5. The first-order valence-corrected chi connectivity index (χ1v) is 46.8. The molecule has 14 aromatic carbocycles. The van der Waals surface area contributed by atoms with E-state index in [1.165, 1.54) is 50.1 Å². The van der Waals surface area contributed by atoms with Gasteiger partial charge in [0.1, 0.15) is 0 Å². The maximum absolute atomic E-state index is 10.2. The van der Waals surface area contributed by atoms with Crippen molar-refractivity contribution in [2.24, 2.45) is 0 Å². The number of nitrogens with zero attached hydrogens (tertiary/aromatic N) is 4. The van der Waals surface area contributed by atoms with Crippen LogP contribution in [0.2, 0.25) is 0 Å². The van der Waals surface area contributed by atoms with Gasteiger partial charge in [0.25, 0.3) is 6.71 Å². The Balaban J connectivity index is 1.14. The molecule has 0 saturated heterocycles. The van der Waals surface area contributed by atoms with Gasteiger partial charge in [0.2, 0.25) is 0 Å². The van der Waals surface area contributed by atoms with Crippen LogP contribution in [-0.2, 0) is 54.1 Å². The summed E-state index contributed by atoms with van der Waals surface area (Å²) >= 11 is 0. The molecule has 129 heavy (non-hydrogen) atoms. The van der Waals surface area contributed by atoms with Gasteiger partial charge in [-0.1, -0.05) is 414 Å². The lowest BCUT2D eigenvalue weighted by atomic mass is 9.33. The minimum Gasteiger partial charge on any atom is -0.310 e. The van der Waals surface area contributed by atoms with E-state index in [2.05, 4.69) is 440 Å². The van der Waals surface area contributed by atoms with E-state index in [-0.39, 0.29) is 77.2 Å². The van der Waals surface area contributed by atoms with Crippen LogP contribution in [0, 0.1) is 0 Å². The number of hydrogen-bond donors (Lipinski definition) is 0. The average molecular weight is 1700 g/mol. The molecule has 0 spiro atoms. The van der Waals surface area contributed by atoms with Crippen LogP contribution in [0.4, 0.5) is 34.1 Å². The SMILES string of the molecule is [2H]c1c([2H])c([2H])c2c(c1[2H])c1c([2H])c([2H])c([2H])c([2H])c1n2-c1ccc2c(c1)N(c1c(-c3ccc(C(C)(C)C)cc3)cccc1-c1c(C(C)(C)C)cccc1C(C)(C)C)c1cc(-n3c4ccc(C(C)(C)C)cc4c4cc(C(C)(C)C)ccc43)cc3c1B2c1ccc(-c2cc(C(C)(C)C)cc(C(C)(C)C)c2)cc1N3c1c(-c2ccc(C(C)(C)C)cc2)cccc1-c1c(C(C)(C)C)cccc1C(C)(C)C. The summed E-state index contributed by atoms with van der Waals surface area (Å²) < 4.78 is 82.5. The molecule has 2 aliphatic rings. The Morgan fingerprint density at radius 3 is 0.938 bits per heavy atom. The first-order chi connectivity index (χ1) is 63.7. The molecular weight excluding hydrogens is 1560 g/mol. The van der Waals surface area contributed by atoms with E-state index in [9.17, 15) is 11.0 Å². The highest BCUT2D eigenvalue weighted by Crippen LogP contribution is 2.58. The molecule has 0 saturated carbocycles. The van der Waals surface area contributed by atoms with Crippen molar-refractivity contribution >= 4 is 101 Å². The summed E-state index contributed by atoms with van der Waals surface area (Å²) in [5.74, 6) is 0. The van der Waals surface area contributed by atoms with E-state index in [0.717, 1.165) is 139 Å². The van der Waals surface area contributed by atoms with Crippen LogP contribution in [0.15, 0.2) is 273 Å². The molecule has 0 aliphatic carbocycles. The maximum atomic E-state index is 10.2. The molecule has 2 aliphatic heterocycles. The zero-order chi connectivity index (χ0) is 99.2. The zero-order valence-corrected chi connectivity index (χ0v) is 82.2. The molecule has 0 atom stereocenters. The molecule has 5 heteroatoms. The molecule has 0 radical (unpaired) electrons. The molecule has 4 nitrogen and oxygen atoms in total. The number of benzene rings is 14. The van der Waals surface area contributed by atoms with Crippen LogP contribution in [0.1, 0.15) is 274 Å². The van der Waals surface area contributed by atoms with E-state index in [0.29, 0.717) is 5.69 Å². The fraction of sp³-hybridized carbons (Fsp3) is 0.323. The highest BCUT2D eigenvalue weighted by atomic mass is 15.2. The number of hydrogen-bond acceptors (Lipinski definition) is 2. The topological polar surface area (TPSA) is 16.3 Å². The highest BCUT2D eigenvalue weighted by Gasteiger charge is 2.48. The van der Waals surface area contributed by atoms with Gasteiger partial charge in [0.15, 0.2) is 0 Å². The second-order valence-electron chi connectivity index (χ2n) is 47.4. The van der Waals surface area contributed by atoms with E-state index in [1.807, 2.05) is 6.07 Å². The Hall–Kier alpha value is -11.7. The van der Waals surface area contributed by atoms with Gasteiger partial charge in [-0.05, 0) is 226 Å². The van der Waals surface area contributed by atoms with Crippen LogP contribution >= 0.6 is 0 Å². The first kappa shape index (κ1) is 78.4. The maximum Gasteiger partial charge on any atom is 0.252 e. The predicted octanol–water partition coefficient (Wildman–Crippen LogP) is 33.3. The normalized spacial score (nSPS) is 14.6. The number of para-hydroxylation sites is 4. The minimum absolute atomic E-state index is 0.00626. The molecule has 0 N–H and O–H groups in total. The summed E-state index contributed by atoms with van der Waals surface area (Å²) in [5, 5.41) is 2.28. The summed E-state index contributed by atoms with van der Waals surface area (Å²) in [5.41, 5.74) is 31.8. The molecule has 0 fully saturated rings. The van der Waals surface area contributed by atoms with Crippen molar-refractivity contribution in [1.82, 2.24) is 9.13 Å². The lowest BCUT2D eigenvalue weighted by molar-refractivity contribution is 0.569. The molecule has 0 amide bonds. The van der Waals surface area contributed by atoms with Gasteiger partial charge in [-0.15, -0.1) is 0 Å². The standard InChI is InChI=1S/C124H135BN4/c1-115(2,3)80-56-51-76(52-57-80)88-41-35-43-92(110-96(121(19,20)21)45-37-46-97(110)122(22,23)24)113(88)128-106-69-78(79-67-84(119(13,14)15)70-85(68-79)120(16,17)18)55-63-100(106)125-101-64-62-86(126-102-49-33-31-39-90(102)91-40-32-34-50-103(91)126)73-107(101)129(109-75-87(74-108(128)112(109)125)127-104-65-60-82(117(7,8)9)71-94(104)95-72-83(118(10,11)12)61-66-105(95)127)114-89(77-53-58-81(59-54-77)116(4,5)6)42-36-44-93(114)111-98(123(25,26)27)47-38-48-99(111)124(28,29)30/h31-75H,1-30H3/i31D,32D,33D,34D,39D,40D,49D,50D. The smallest absolute Gasteiger partial charge is 0.252 e. The van der Waals surface area contributed by atoms with Crippen LogP contribution in [0.5, 0.6) is 0 Å². The van der Waals surface area contributed by atoms with Gasteiger partial charge in [0.05, 0.1) is 50.1 Å². The summed E-state index contributed by atoms with van der Waals surface area (Å²) in [6.45, 7) is 69.0. The van der Waals surface area contributed by atoms with Crippen molar-refractivity contribution in [1.29, 1.82) is 0 Å². The van der Waals surface area contributed by atoms with Crippen LogP contribution < -0.4 is 26.2 Å². The fourth-order valence-corrected chi connectivity index (χ4v) is 20.4. The first-order valence-electron chi connectivity index (χ1n) is 50.8. The molecule has 18 rings (SSSR count). The van der Waals surface area contributed by atoms with Crippen molar-refractivity contribution < 1.29 is 11.0 Å². The van der Waals surface area contributed by atoms with Crippen LogP contribution in [0.25, 0.3) is 111 Å². The summed E-state index contributed by atoms with van der Waals surface area (Å²) in [6.07, 6.45) is 0. The second-order valence-corrected chi connectivity index (χ2v) is 47.4. The van der Waals surface area contributed by atoms with Gasteiger partial charge < -0.3 is 18.9 Å². The monoisotopic (exact) mass is 1700 g/mol. The van der Waals surface area contributed by atoms with Gasteiger partial charge in [-0.2, -0.15) is 0 Å². The quantitative estimate of drug-likeness (QED) is 0.134. The number of fused-ring (bicyclic) bond motifs is 10. The lowest BCUT2D eigenvalue weighted by Gasteiger charge is -2.46. The average Bonchev–Trinajstić information content (AvgIpc) is 1.08. The Labute approximate surface area is 783 Å². The highest BCUT2D eigenvalue weighted by molar-refractivity contribution is 7.00. The minimum atomic E-state index is -0.599. The zero-order valence-electron chi connectivity index (χ0n) is 90.2. The molecule has 2 aromatic heterocycles. The Morgan fingerprint density at radius 1 is 0.233 bits per heavy atom. The molecule has 0 bridgehead atoms. The molecule has 4 heterocycles. The van der Waals surface area contributed by atoms with Crippen molar-refractivity contribution in [2.75, 3.05) is 9.80 Å². The van der Waals surface area contributed by atoms with Gasteiger partial charge in [-0.25, -0.2) is 0 Å². The largest absolute Gasteiger partial charge is 0.310 e. The molecule has 0 unspecified atom stereocenters. The number of aromatic nitrogens is 2. The van der Waals surface area contributed by atoms with Crippen molar-refractivity contribution in [2.45, 2.75) is 262 Å². The number of rotatable bonds is 9.